The molecule has 0 saturated carbocycles. The number of hydrogen-bond acceptors (Lipinski definition) is 3. The summed E-state index contributed by atoms with van der Waals surface area (Å²) in [5.41, 5.74) is -0.511. The van der Waals surface area contributed by atoms with Gasteiger partial charge in [0.2, 0.25) is 0 Å². The van der Waals surface area contributed by atoms with Crippen molar-refractivity contribution in [3.8, 4) is 0 Å². The van der Waals surface area contributed by atoms with Crippen LogP contribution in [0.5, 0.6) is 0 Å². The van der Waals surface area contributed by atoms with Crippen LogP contribution in [-0.4, -0.2) is 34.2 Å². The van der Waals surface area contributed by atoms with Gasteiger partial charge in [0.15, 0.2) is 0 Å². The highest BCUT2D eigenvalue weighted by Gasteiger charge is 2.29. The average Bonchev–Trinajstić information content (AvgIpc) is 2.46. The van der Waals surface area contributed by atoms with E-state index in [1.54, 1.807) is 4.90 Å². The number of amides is 1. The van der Waals surface area contributed by atoms with Gasteiger partial charge in [-0.3, -0.25) is 14.9 Å². The molecule has 1 aliphatic heterocycles. The molecule has 0 N–H and O–H groups in total. The van der Waals surface area contributed by atoms with Gasteiger partial charge < -0.3 is 4.90 Å². The van der Waals surface area contributed by atoms with Gasteiger partial charge in [-0.25, -0.2) is 4.39 Å². The fraction of sp³-hybridized carbons (Fsp3) is 0.500. The number of rotatable bonds is 4. The van der Waals surface area contributed by atoms with Crippen molar-refractivity contribution >= 4 is 27.5 Å². The van der Waals surface area contributed by atoms with E-state index in [-0.39, 0.29) is 11.3 Å². The third-order valence-corrected chi connectivity index (χ3v) is 4.17. The Bertz CT molecular complexity index is 551. The predicted octanol–water partition coefficient (Wildman–Crippen LogP) is 3.37. The van der Waals surface area contributed by atoms with Gasteiger partial charge in [0.05, 0.1) is 4.92 Å². The van der Waals surface area contributed by atoms with Gasteiger partial charge in [-0.15, -0.1) is 0 Å². The molecule has 114 valence electrons. The van der Waals surface area contributed by atoms with E-state index in [1.807, 2.05) is 0 Å². The number of benzene rings is 1. The Labute approximate surface area is 130 Å². The normalized spacial score (nSPS) is 18.6. The van der Waals surface area contributed by atoms with Gasteiger partial charge in [0.1, 0.15) is 11.4 Å². The summed E-state index contributed by atoms with van der Waals surface area (Å²) in [5.74, 6) is -0.715. The van der Waals surface area contributed by atoms with Gasteiger partial charge in [0, 0.05) is 24.5 Å². The molecular weight excluding hydrogens is 343 g/mol. The number of nitro groups is 1. The van der Waals surface area contributed by atoms with E-state index in [1.165, 1.54) is 0 Å². The Morgan fingerprint density at radius 2 is 2.29 bits per heavy atom. The minimum absolute atomic E-state index is 0.167. The topological polar surface area (TPSA) is 63.4 Å². The first kappa shape index (κ1) is 15.9. The van der Waals surface area contributed by atoms with Crippen LogP contribution in [-0.2, 0) is 0 Å². The van der Waals surface area contributed by atoms with Crippen molar-refractivity contribution in [2.75, 3.05) is 18.4 Å². The van der Waals surface area contributed by atoms with E-state index >= 15 is 0 Å². The summed E-state index contributed by atoms with van der Waals surface area (Å²) in [6.07, 6.45) is 2.86. The minimum atomic E-state index is -0.646. The summed E-state index contributed by atoms with van der Waals surface area (Å²) < 4.78 is 13.3. The standard InChI is InChI=1S/C14H16BrFN2O3/c15-6-5-10-2-1-7-17(9-10)14(19)12-8-11(16)3-4-13(12)18(20)21/h3-4,8,10H,1-2,5-7,9H2. The molecule has 21 heavy (non-hydrogen) atoms. The third kappa shape index (κ3) is 3.78. The second-order valence-electron chi connectivity index (χ2n) is 5.16. The monoisotopic (exact) mass is 358 g/mol. The van der Waals surface area contributed by atoms with Gasteiger partial charge in [-0.1, -0.05) is 15.9 Å². The van der Waals surface area contributed by atoms with Crippen molar-refractivity contribution in [3.63, 3.8) is 0 Å². The van der Waals surface area contributed by atoms with Crippen LogP contribution < -0.4 is 0 Å². The molecule has 1 aromatic carbocycles. The number of halogens is 2. The van der Waals surface area contributed by atoms with Crippen molar-refractivity contribution in [1.29, 1.82) is 0 Å². The van der Waals surface area contributed by atoms with E-state index in [9.17, 15) is 19.3 Å². The molecule has 1 fully saturated rings. The molecule has 0 spiro atoms. The Morgan fingerprint density at radius 3 is 2.95 bits per heavy atom. The molecule has 1 aromatic rings. The quantitative estimate of drug-likeness (QED) is 0.470. The van der Waals surface area contributed by atoms with E-state index < -0.39 is 16.6 Å². The van der Waals surface area contributed by atoms with Crippen LogP contribution in [0.15, 0.2) is 18.2 Å². The van der Waals surface area contributed by atoms with E-state index in [2.05, 4.69) is 15.9 Å². The number of likely N-dealkylation sites (tertiary alicyclic amines) is 1. The highest BCUT2D eigenvalue weighted by molar-refractivity contribution is 9.09. The first-order valence-electron chi connectivity index (χ1n) is 6.82. The number of carbonyl (C=O) groups is 1. The summed E-state index contributed by atoms with van der Waals surface area (Å²) in [7, 11) is 0. The molecule has 0 aliphatic carbocycles. The molecule has 0 radical (unpaired) electrons. The maximum absolute atomic E-state index is 13.3. The fourth-order valence-corrected chi connectivity index (χ4v) is 3.30. The zero-order chi connectivity index (χ0) is 15.4. The van der Waals surface area contributed by atoms with E-state index in [4.69, 9.17) is 0 Å². The summed E-state index contributed by atoms with van der Waals surface area (Å²) in [6, 6.07) is 3.00. The summed E-state index contributed by atoms with van der Waals surface area (Å²) in [6.45, 7) is 1.13. The minimum Gasteiger partial charge on any atom is -0.338 e. The van der Waals surface area contributed by atoms with E-state index in [0.29, 0.717) is 19.0 Å². The van der Waals surface area contributed by atoms with Crippen LogP contribution in [0.1, 0.15) is 29.6 Å². The highest BCUT2D eigenvalue weighted by Crippen LogP contribution is 2.25. The van der Waals surface area contributed by atoms with E-state index in [0.717, 1.165) is 42.8 Å². The first-order valence-corrected chi connectivity index (χ1v) is 7.94. The first-order chi connectivity index (χ1) is 10.0. The molecule has 2 rings (SSSR count). The molecule has 7 heteroatoms. The molecule has 1 atom stereocenters. The molecular formula is C14H16BrFN2O3. The van der Waals surface area contributed by atoms with Gasteiger partial charge in [-0.2, -0.15) is 0 Å². The summed E-state index contributed by atoms with van der Waals surface area (Å²) >= 11 is 3.38. The molecule has 1 unspecified atom stereocenters. The molecule has 1 amide bonds. The van der Waals surface area contributed by atoms with Gasteiger partial charge in [0.25, 0.3) is 11.6 Å². The number of alkyl halides is 1. The predicted molar refractivity (Wildman–Crippen MR) is 80.1 cm³/mol. The summed E-state index contributed by atoms with van der Waals surface area (Å²) in [5, 5.41) is 11.9. The Hall–Kier alpha value is -1.50. The molecule has 1 saturated heterocycles. The van der Waals surface area contributed by atoms with Crippen molar-refractivity contribution in [2.24, 2.45) is 5.92 Å². The molecule has 0 bridgehead atoms. The lowest BCUT2D eigenvalue weighted by Gasteiger charge is -2.32. The lowest BCUT2D eigenvalue weighted by Crippen LogP contribution is -2.40. The smallest absolute Gasteiger partial charge is 0.282 e. The van der Waals surface area contributed by atoms with Crippen molar-refractivity contribution < 1.29 is 14.1 Å². The van der Waals surface area contributed by atoms with Gasteiger partial charge >= 0.3 is 0 Å². The number of piperidine rings is 1. The van der Waals surface area contributed by atoms with Crippen molar-refractivity contribution in [3.05, 3.63) is 39.7 Å². The van der Waals surface area contributed by atoms with Crippen molar-refractivity contribution in [2.45, 2.75) is 19.3 Å². The zero-order valence-electron chi connectivity index (χ0n) is 11.4. The second kappa shape index (κ2) is 6.98. The lowest BCUT2D eigenvalue weighted by atomic mass is 9.95. The lowest BCUT2D eigenvalue weighted by molar-refractivity contribution is -0.385. The molecule has 5 nitrogen and oxygen atoms in total. The van der Waals surface area contributed by atoms with Crippen LogP contribution in [0.4, 0.5) is 10.1 Å². The van der Waals surface area contributed by atoms with Crippen molar-refractivity contribution in [1.82, 2.24) is 4.90 Å². The van der Waals surface area contributed by atoms with Gasteiger partial charge in [-0.05, 0) is 37.3 Å². The summed E-state index contributed by atoms with van der Waals surface area (Å²) in [4.78, 5) is 24.4. The highest BCUT2D eigenvalue weighted by atomic mass is 79.9. The average molecular weight is 359 g/mol. The number of nitrogens with zero attached hydrogens (tertiary/aromatic N) is 2. The van der Waals surface area contributed by atoms with Crippen LogP contribution >= 0.6 is 15.9 Å². The molecule has 0 aromatic heterocycles. The fourth-order valence-electron chi connectivity index (χ4n) is 2.65. The molecule has 1 aliphatic rings. The van der Waals surface area contributed by atoms with Crippen LogP contribution in [0, 0.1) is 21.8 Å². The van der Waals surface area contributed by atoms with Crippen LogP contribution in [0.25, 0.3) is 0 Å². The maximum Gasteiger partial charge on any atom is 0.282 e. The Balaban J connectivity index is 2.23. The maximum atomic E-state index is 13.3. The molecule has 1 heterocycles. The van der Waals surface area contributed by atoms with Crippen LogP contribution in [0.2, 0.25) is 0 Å². The SMILES string of the molecule is O=C(c1cc(F)ccc1[N+](=O)[O-])N1CCCC(CCBr)C1. The van der Waals surface area contributed by atoms with Crippen LogP contribution in [0.3, 0.4) is 0 Å². The second-order valence-corrected chi connectivity index (χ2v) is 5.95. The Morgan fingerprint density at radius 1 is 1.52 bits per heavy atom. The Kier molecular flexibility index (Phi) is 5.27. The largest absolute Gasteiger partial charge is 0.338 e. The third-order valence-electron chi connectivity index (χ3n) is 3.71. The number of nitro benzene ring substituents is 1. The number of hydrogen-bond donors (Lipinski definition) is 0. The zero-order valence-corrected chi connectivity index (χ0v) is 13.0. The number of carbonyl (C=O) groups excluding carboxylic acids is 1.